The number of ether oxygens (including phenoxy) is 2. The Morgan fingerprint density at radius 3 is 2.42 bits per heavy atom. The Labute approximate surface area is 211 Å². The molecule has 0 fully saturated rings. The number of rotatable bonds is 9. The van der Waals surface area contributed by atoms with Crippen molar-refractivity contribution in [1.82, 2.24) is 10.2 Å². The average Bonchev–Trinajstić information content (AvgIpc) is 3.28. The molecule has 0 aliphatic carbocycles. The summed E-state index contributed by atoms with van der Waals surface area (Å²) in [5, 5.41) is 2.82. The van der Waals surface area contributed by atoms with Crippen molar-refractivity contribution in [3.63, 3.8) is 0 Å². The van der Waals surface area contributed by atoms with Gasteiger partial charge in [-0.25, -0.2) is 12.8 Å². The predicted molar refractivity (Wildman–Crippen MR) is 134 cm³/mol. The Bertz CT molecular complexity index is 1230. The fourth-order valence-corrected chi connectivity index (χ4v) is 4.68. The van der Waals surface area contributed by atoms with Crippen LogP contribution in [-0.4, -0.2) is 55.8 Å². The SMILES string of the molecule is CCS(=O)(=O)N(CC(=O)N(Cc1ccccc1F)[C@H](C)C(=O)NC(C)(C)C)c1ccc2c(c1)OCO2. The van der Waals surface area contributed by atoms with Crippen molar-refractivity contribution in [3.05, 3.63) is 53.8 Å². The molecule has 0 spiro atoms. The third-order valence-electron chi connectivity index (χ3n) is 5.59. The van der Waals surface area contributed by atoms with Crippen molar-refractivity contribution in [2.24, 2.45) is 0 Å². The monoisotopic (exact) mass is 521 g/mol. The van der Waals surface area contributed by atoms with Gasteiger partial charge in [0.15, 0.2) is 11.5 Å². The molecule has 3 rings (SSSR count). The lowest BCUT2D eigenvalue weighted by molar-refractivity contribution is -0.140. The van der Waals surface area contributed by atoms with Crippen LogP contribution in [0, 0.1) is 5.82 Å². The number of benzene rings is 2. The van der Waals surface area contributed by atoms with E-state index in [1.54, 1.807) is 32.9 Å². The highest BCUT2D eigenvalue weighted by molar-refractivity contribution is 7.92. The number of halogens is 1. The molecule has 11 heteroatoms. The first-order valence-corrected chi connectivity index (χ1v) is 13.2. The van der Waals surface area contributed by atoms with Gasteiger partial charge in [0.05, 0.1) is 11.4 Å². The predicted octanol–water partition coefficient (Wildman–Crippen LogP) is 3.04. The number of nitrogens with one attached hydrogen (secondary N) is 1. The Morgan fingerprint density at radius 1 is 1.11 bits per heavy atom. The quantitative estimate of drug-likeness (QED) is 0.544. The van der Waals surface area contributed by atoms with Gasteiger partial charge in [0, 0.05) is 23.7 Å². The molecule has 196 valence electrons. The minimum atomic E-state index is -3.90. The van der Waals surface area contributed by atoms with Crippen LogP contribution in [0.2, 0.25) is 0 Å². The number of hydrogen-bond donors (Lipinski definition) is 1. The van der Waals surface area contributed by atoms with Crippen LogP contribution in [0.1, 0.15) is 40.2 Å². The van der Waals surface area contributed by atoms with E-state index in [1.165, 1.54) is 49.1 Å². The van der Waals surface area contributed by atoms with Gasteiger partial charge in [0.2, 0.25) is 28.6 Å². The summed E-state index contributed by atoms with van der Waals surface area (Å²) in [6, 6.07) is 9.50. The normalized spacial score (nSPS) is 13.7. The highest BCUT2D eigenvalue weighted by Crippen LogP contribution is 2.36. The molecule has 0 radical (unpaired) electrons. The van der Waals surface area contributed by atoms with Gasteiger partial charge < -0.3 is 19.7 Å². The van der Waals surface area contributed by atoms with Crippen LogP contribution in [0.3, 0.4) is 0 Å². The Morgan fingerprint density at radius 2 is 1.78 bits per heavy atom. The maximum atomic E-state index is 14.5. The maximum Gasteiger partial charge on any atom is 0.244 e. The zero-order valence-electron chi connectivity index (χ0n) is 21.1. The molecule has 1 aliphatic rings. The highest BCUT2D eigenvalue weighted by atomic mass is 32.2. The second kappa shape index (κ2) is 10.7. The molecule has 2 aromatic carbocycles. The standard InChI is InChI=1S/C25H32FN3O6S/c1-6-36(32,33)29(19-11-12-21-22(13-19)35-16-34-21)15-23(30)28(14-18-9-7-8-10-20(18)26)17(2)24(31)27-25(3,4)5/h7-13,17H,6,14-16H2,1-5H3,(H,27,31)/t17-/m1/s1. The van der Waals surface area contributed by atoms with Gasteiger partial charge in [0.1, 0.15) is 18.4 Å². The van der Waals surface area contributed by atoms with Gasteiger partial charge in [-0.3, -0.25) is 13.9 Å². The van der Waals surface area contributed by atoms with Gasteiger partial charge in [-0.15, -0.1) is 0 Å². The lowest BCUT2D eigenvalue weighted by atomic mass is 10.1. The summed E-state index contributed by atoms with van der Waals surface area (Å²) < 4.78 is 52.1. The molecule has 1 aliphatic heterocycles. The van der Waals surface area contributed by atoms with Crippen LogP contribution < -0.4 is 19.1 Å². The molecule has 2 aromatic rings. The Kier molecular flexibility index (Phi) is 8.12. The molecular formula is C25H32FN3O6S. The minimum Gasteiger partial charge on any atom is -0.454 e. The zero-order chi connectivity index (χ0) is 26.7. The number of amides is 2. The third kappa shape index (κ3) is 6.45. The first-order valence-electron chi connectivity index (χ1n) is 11.6. The van der Waals surface area contributed by atoms with E-state index >= 15 is 0 Å². The second-order valence-electron chi connectivity index (χ2n) is 9.47. The lowest BCUT2D eigenvalue weighted by Crippen LogP contribution is -2.54. The molecule has 0 bridgehead atoms. The van der Waals surface area contributed by atoms with E-state index in [0.717, 1.165) is 4.31 Å². The van der Waals surface area contributed by atoms with Gasteiger partial charge in [-0.1, -0.05) is 18.2 Å². The molecule has 0 saturated heterocycles. The second-order valence-corrected chi connectivity index (χ2v) is 11.7. The summed E-state index contributed by atoms with van der Waals surface area (Å²) in [6.45, 7) is 7.61. The van der Waals surface area contributed by atoms with Crippen LogP contribution in [0.5, 0.6) is 11.5 Å². The van der Waals surface area contributed by atoms with E-state index < -0.39 is 45.8 Å². The van der Waals surface area contributed by atoms with Gasteiger partial charge in [-0.2, -0.15) is 0 Å². The van der Waals surface area contributed by atoms with Crippen LogP contribution in [-0.2, 0) is 26.2 Å². The molecule has 0 saturated carbocycles. The number of carbonyl (C=O) groups is 2. The van der Waals surface area contributed by atoms with E-state index in [9.17, 15) is 22.4 Å². The van der Waals surface area contributed by atoms with E-state index in [2.05, 4.69) is 5.32 Å². The molecule has 36 heavy (non-hydrogen) atoms. The molecule has 1 atom stereocenters. The van der Waals surface area contributed by atoms with Crippen LogP contribution in [0.15, 0.2) is 42.5 Å². The minimum absolute atomic E-state index is 0.00899. The molecule has 1 N–H and O–H groups in total. The fourth-order valence-electron chi connectivity index (χ4n) is 3.63. The van der Waals surface area contributed by atoms with Crippen molar-refractivity contribution >= 4 is 27.5 Å². The topological polar surface area (TPSA) is 105 Å². The van der Waals surface area contributed by atoms with Crippen LogP contribution in [0.25, 0.3) is 0 Å². The molecular weight excluding hydrogens is 489 g/mol. The van der Waals surface area contributed by atoms with Crippen molar-refractivity contribution in [2.75, 3.05) is 23.4 Å². The number of carbonyl (C=O) groups excluding carboxylic acids is 2. The number of fused-ring (bicyclic) bond motifs is 1. The summed E-state index contributed by atoms with van der Waals surface area (Å²) in [6.07, 6.45) is 0. The zero-order valence-corrected chi connectivity index (χ0v) is 21.9. The van der Waals surface area contributed by atoms with Gasteiger partial charge in [0.25, 0.3) is 0 Å². The van der Waals surface area contributed by atoms with E-state index in [1.807, 2.05) is 0 Å². The summed E-state index contributed by atoms with van der Waals surface area (Å²) in [5.74, 6) is -1.08. The average molecular weight is 522 g/mol. The number of hydrogen-bond acceptors (Lipinski definition) is 6. The van der Waals surface area contributed by atoms with E-state index in [4.69, 9.17) is 9.47 Å². The van der Waals surface area contributed by atoms with Crippen LogP contribution >= 0.6 is 0 Å². The molecule has 1 heterocycles. The first-order chi connectivity index (χ1) is 16.8. The lowest BCUT2D eigenvalue weighted by Gasteiger charge is -2.33. The van der Waals surface area contributed by atoms with E-state index in [-0.39, 0.29) is 30.3 Å². The smallest absolute Gasteiger partial charge is 0.244 e. The maximum absolute atomic E-state index is 14.5. The third-order valence-corrected chi connectivity index (χ3v) is 7.33. The largest absolute Gasteiger partial charge is 0.454 e. The van der Waals surface area contributed by atoms with Crippen LogP contribution in [0.4, 0.5) is 10.1 Å². The van der Waals surface area contributed by atoms with Crippen molar-refractivity contribution in [2.45, 2.75) is 52.7 Å². The highest BCUT2D eigenvalue weighted by Gasteiger charge is 2.33. The van der Waals surface area contributed by atoms with Crippen molar-refractivity contribution < 1.29 is 31.9 Å². The van der Waals surface area contributed by atoms with Crippen molar-refractivity contribution in [1.29, 1.82) is 0 Å². The summed E-state index contributed by atoms with van der Waals surface area (Å²) >= 11 is 0. The van der Waals surface area contributed by atoms with Crippen molar-refractivity contribution in [3.8, 4) is 11.5 Å². The number of anilines is 1. The van der Waals surface area contributed by atoms with Gasteiger partial charge >= 0.3 is 0 Å². The molecule has 9 nitrogen and oxygen atoms in total. The fraction of sp³-hybridized carbons (Fsp3) is 0.440. The van der Waals surface area contributed by atoms with Gasteiger partial charge in [-0.05, 0) is 52.8 Å². The number of sulfonamides is 1. The first kappa shape index (κ1) is 27.3. The molecule has 0 aromatic heterocycles. The summed E-state index contributed by atoms with van der Waals surface area (Å²) in [5.41, 5.74) is -0.149. The molecule has 0 unspecified atom stereocenters. The molecule has 2 amide bonds. The Balaban J connectivity index is 1.96. The number of nitrogens with zero attached hydrogens (tertiary/aromatic N) is 2. The summed E-state index contributed by atoms with van der Waals surface area (Å²) in [4.78, 5) is 27.8. The Hall–Kier alpha value is -3.34. The summed E-state index contributed by atoms with van der Waals surface area (Å²) in [7, 11) is -3.90. The van der Waals surface area contributed by atoms with E-state index in [0.29, 0.717) is 11.5 Å².